The number of carboxylic acid groups (broad SMARTS) is 1. The Labute approximate surface area is 158 Å². The molecule has 1 amide bonds. The number of piperidine rings is 1. The molecule has 7 heteroatoms. The number of carbonyl (C=O) groups is 2. The zero-order valence-corrected chi connectivity index (χ0v) is 15.9. The number of nitrogens with zero attached hydrogens (tertiary/aromatic N) is 2. The molecule has 2 heterocycles. The van der Waals surface area contributed by atoms with Gasteiger partial charge in [-0.2, -0.15) is 4.98 Å². The van der Waals surface area contributed by atoms with Crippen molar-refractivity contribution >= 4 is 29.0 Å². The van der Waals surface area contributed by atoms with Crippen LogP contribution in [0.4, 0.5) is 6.01 Å². The van der Waals surface area contributed by atoms with E-state index in [4.69, 9.17) is 4.42 Å². The summed E-state index contributed by atoms with van der Waals surface area (Å²) < 4.78 is 5.79. The van der Waals surface area contributed by atoms with Crippen molar-refractivity contribution in [1.82, 2.24) is 10.3 Å². The third-order valence-electron chi connectivity index (χ3n) is 5.05. The molecular formula is C20H27N3O4. The van der Waals surface area contributed by atoms with Crippen LogP contribution >= 0.6 is 0 Å². The number of hydrogen-bond donors (Lipinski definition) is 2. The van der Waals surface area contributed by atoms with Gasteiger partial charge in [0.15, 0.2) is 5.58 Å². The topological polar surface area (TPSA) is 95.7 Å². The number of anilines is 1. The lowest BCUT2D eigenvalue weighted by atomic mass is 9.94. The van der Waals surface area contributed by atoms with Crippen molar-refractivity contribution in [1.29, 1.82) is 0 Å². The molecule has 1 aliphatic rings. The molecule has 1 fully saturated rings. The molecule has 146 valence electrons. The molecular weight excluding hydrogens is 346 g/mol. The molecule has 1 saturated heterocycles. The number of fused-ring (bicyclic) bond motifs is 1. The van der Waals surface area contributed by atoms with E-state index in [1.54, 1.807) is 0 Å². The monoisotopic (exact) mass is 373 g/mol. The van der Waals surface area contributed by atoms with E-state index in [1.165, 1.54) is 0 Å². The third kappa shape index (κ3) is 4.78. The number of aromatic nitrogens is 1. The third-order valence-corrected chi connectivity index (χ3v) is 5.05. The van der Waals surface area contributed by atoms with Gasteiger partial charge in [-0.3, -0.25) is 9.59 Å². The molecule has 0 bridgehead atoms. The summed E-state index contributed by atoms with van der Waals surface area (Å²) in [6, 6.07) is 8.24. The van der Waals surface area contributed by atoms with Gasteiger partial charge in [0.1, 0.15) is 5.52 Å². The molecule has 1 aromatic heterocycles. The van der Waals surface area contributed by atoms with E-state index in [-0.39, 0.29) is 24.3 Å². The van der Waals surface area contributed by atoms with Crippen LogP contribution in [0.1, 0.15) is 33.1 Å². The summed E-state index contributed by atoms with van der Waals surface area (Å²) in [5.74, 6) is -1.26. The van der Waals surface area contributed by atoms with E-state index < -0.39 is 11.9 Å². The van der Waals surface area contributed by atoms with Gasteiger partial charge in [-0.1, -0.05) is 26.0 Å². The zero-order chi connectivity index (χ0) is 19.4. The molecule has 1 atom stereocenters. The first-order valence-corrected chi connectivity index (χ1v) is 9.55. The molecule has 7 nitrogen and oxygen atoms in total. The van der Waals surface area contributed by atoms with Crippen molar-refractivity contribution in [2.24, 2.45) is 17.8 Å². The fourth-order valence-corrected chi connectivity index (χ4v) is 3.54. The molecule has 1 aliphatic heterocycles. The fraction of sp³-hybridized carbons (Fsp3) is 0.550. The van der Waals surface area contributed by atoms with E-state index in [0.29, 0.717) is 38.4 Å². The smallest absolute Gasteiger partial charge is 0.308 e. The number of carboxylic acids is 1. The molecule has 0 saturated carbocycles. The maximum Gasteiger partial charge on any atom is 0.308 e. The minimum Gasteiger partial charge on any atom is -0.481 e. The largest absolute Gasteiger partial charge is 0.481 e. The van der Waals surface area contributed by atoms with Crippen LogP contribution in [0, 0.1) is 17.8 Å². The lowest BCUT2D eigenvalue weighted by Crippen LogP contribution is -2.42. The summed E-state index contributed by atoms with van der Waals surface area (Å²) in [4.78, 5) is 30.3. The second-order valence-electron chi connectivity index (χ2n) is 7.64. The molecule has 2 aromatic rings. The summed E-state index contributed by atoms with van der Waals surface area (Å²) in [5, 5.41) is 12.1. The van der Waals surface area contributed by atoms with Gasteiger partial charge in [-0.15, -0.1) is 0 Å². The van der Waals surface area contributed by atoms with Gasteiger partial charge >= 0.3 is 5.97 Å². The van der Waals surface area contributed by atoms with Crippen molar-refractivity contribution in [2.75, 3.05) is 24.5 Å². The number of para-hydroxylation sites is 2. The molecule has 0 spiro atoms. The van der Waals surface area contributed by atoms with Gasteiger partial charge in [0.25, 0.3) is 6.01 Å². The Morgan fingerprint density at radius 2 is 2.00 bits per heavy atom. The SMILES string of the molecule is CC(C)CC(CNC(=O)C1CCN(c2nc3ccccc3o2)CC1)C(=O)O. The van der Waals surface area contributed by atoms with Crippen LogP contribution in [0.15, 0.2) is 28.7 Å². The average Bonchev–Trinajstić information content (AvgIpc) is 3.08. The van der Waals surface area contributed by atoms with Crippen LogP contribution in [0.5, 0.6) is 0 Å². The van der Waals surface area contributed by atoms with Crippen LogP contribution < -0.4 is 10.2 Å². The van der Waals surface area contributed by atoms with Crippen molar-refractivity contribution in [3.05, 3.63) is 24.3 Å². The van der Waals surface area contributed by atoms with Gasteiger partial charge in [0.2, 0.25) is 5.91 Å². The molecule has 1 unspecified atom stereocenters. The highest BCUT2D eigenvalue weighted by Gasteiger charge is 2.28. The Balaban J connectivity index is 1.50. The quantitative estimate of drug-likeness (QED) is 0.775. The first-order chi connectivity index (χ1) is 12.9. The highest BCUT2D eigenvalue weighted by Crippen LogP contribution is 2.26. The van der Waals surface area contributed by atoms with E-state index in [9.17, 15) is 14.7 Å². The van der Waals surface area contributed by atoms with Gasteiger partial charge in [0, 0.05) is 25.6 Å². The van der Waals surface area contributed by atoms with Gasteiger partial charge in [-0.25, -0.2) is 0 Å². The number of nitrogens with one attached hydrogen (secondary N) is 1. The van der Waals surface area contributed by atoms with Crippen LogP contribution in [0.25, 0.3) is 11.1 Å². The molecule has 3 rings (SSSR count). The first kappa shape index (κ1) is 19.2. The van der Waals surface area contributed by atoms with Gasteiger partial charge in [0.05, 0.1) is 5.92 Å². The van der Waals surface area contributed by atoms with Gasteiger partial charge < -0.3 is 19.7 Å². The minimum atomic E-state index is -0.852. The van der Waals surface area contributed by atoms with Crippen LogP contribution in [0.2, 0.25) is 0 Å². The van der Waals surface area contributed by atoms with Gasteiger partial charge in [-0.05, 0) is 37.3 Å². The second-order valence-corrected chi connectivity index (χ2v) is 7.64. The highest BCUT2D eigenvalue weighted by molar-refractivity contribution is 5.80. The number of benzene rings is 1. The van der Waals surface area contributed by atoms with E-state index in [1.807, 2.05) is 38.1 Å². The summed E-state index contributed by atoms with van der Waals surface area (Å²) >= 11 is 0. The Kier molecular flexibility index (Phi) is 5.98. The number of hydrogen-bond acceptors (Lipinski definition) is 5. The normalized spacial score (nSPS) is 16.6. The van der Waals surface area contributed by atoms with Crippen molar-refractivity contribution < 1.29 is 19.1 Å². The lowest BCUT2D eigenvalue weighted by Gasteiger charge is -2.30. The highest BCUT2D eigenvalue weighted by atomic mass is 16.4. The predicted molar refractivity (Wildman–Crippen MR) is 103 cm³/mol. The summed E-state index contributed by atoms with van der Waals surface area (Å²) in [6.45, 7) is 5.55. The number of rotatable bonds is 7. The summed E-state index contributed by atoms with van der Waals surface area (Å²) in [7, 11) is 0. The molecule has 27 heavy (non-hydrogen) atoms. The Morgan fingerprint density at radius 1 is 1.30 bits per heavy atom. The number of carbonyl (C=O) groups excluding carboxylic acids is 1. The van der Waals surface area contributed by atoms with E-state index >= 15 is 0 Å². The van der Waals surface area contributed by atoms with Crippen LogP contribution in [-0.2, 0) is 9.59 Å². The Bertz CT molecular complexity index is 760. The molecule has 1 aromatic carbocycles. The van der Waals surface area contributed by atoms with Crippen LogP contribution in [0.3, 0.4) is 0 Å². The maximum absolute atomic E-state index is 12.4. The van der Waals surface area contributed by atoms with Crippen LogP contribution in [-0.4, -0.2) is 41.6 Å². The fourth-order valence-electron chi connectivity index (χ4n) is 3.54. The Hall–Kier alpha value is -2.57. The second kappa shape index (κ2) is 8.41. The molecule has 0 aliphatic carbocycles. The van der Waals surface area contributed by atoms with Crippen molar-refractivity contribution in [2.45, 2.75) is 33.1 Å². The average molecular weight is 373 g/mol. The van der Waals surface area contributed by atoms with E-state index in [2.05, 4.69) is 15.2 Å². The van der Waals surface area contributed by atoms with E-state index in [0.717, 1.165) is 11.1 Å². The standard InChI is InChI=1S/C20H27N3O4/c1-13(2)11-15(19(25)26)12-21-18(24)14-7-9-23(10-8-14)20-22-16-5-3-4-6-17(16)27-20/h3-6,13-15H,7-12H2,1-2H3,(H,21,24)(H,25,26). The summed E-state index contributed by atoms with van der Waals surface area (Å²) in [5.41, 5.74) is 1.59. The number of amides is 1. The molecule has 2 N–H and O–H groups in total. The summed E-state index contributed by atoms with van der Waals surface area (Å²) in [6.07, 6.45) is 1.96. The first-order valence-electron chi connectivity index (χ1n) is 9.55. The molecule has 0 radical (unpaired) electrons. The maximum atomic E-state index is 12.4. The lowest BCUT2D eigenvalue weighted by molar-refractivity contribution is -0.142. The van der Waals surface area contributed by atoms with Crippen molar-refractivity contribution in [3.63, 3.8) is 0 Å². The number of aliphatic carboxylic acids is 1. The van der Waals surface area contributed by atoms with Crippen molar-refractivity contribution in [3.8, 4) is 0 Å². The Morgan fingerprint density at radius 3 is 2.63 bits per heavy atom. The zero-order valence-electron chi connectivity index (χ0n) is 15.9. The predicted octanol–water partition coefficient (Wildman–Crippen LogP) is 2.91. The number of oxazole rings is 1. The minimum absolute atomic E-state index is 0.0535.